The van der Waals surface area contributed by atoms with E-state index in [-0.39, 0.29) is 22.9 Å². The lowest BCUT2D eigenvalue weighted by atomic mass is 10.0. The van der Waals surface area contributed by atoms with Gasteiger partial charge in [0, 0.05) is 24.8 Å². The minimum Gasteiger partial charge on any atom is -0.292 e. The van der Waals surface area contributed by atoms with Gasteiger partial charge in [-0.05, 0) is 24.1 Å². The maximum Gasteiger partial charge on any atom is 0.270 e. The Morgan fingerprint density at radius 3 is 2.75 bits per heavy atom. The summed E-state index contributed by atoms with van der Waals surface area (Å²) in [6.07, 6.45) is 1.62. The highest BCUT2D eigenvalue weighted by Crippen LogP contribution is 2.23. The molecule has 1 aromatic heterocycles. The summed E-state index contributed by atoms with van der Waals surface area (Å²) >= 11 is 5.97. The number of carbonyl (C=O) groups is 1. The number of nitro benzene ring substituents is 1. The molecule has 0 atom stereocenters. The van der Waals surface area contributed by atoms with Gasteiger partial charge < -0.3 is 0 Å². The molecule has 0 aliphatic rings. The average Bonchev–Trinajstić information content (AvgIpc) is 2.41. The van der Waals surface area contributed by atoms with Crippen LogP contribution in [-0.4, -0.2) is 15.7 Å². The molecule has 0 saturated heterocycles. The zero-order valence-corrected chi connectivity index (χ0v) is 11.4. The van der Waals surface area contributed by atoms with Crippen LogP contribution in [0.3, 0.4) is 0 Å². The summed E-state index contributed by atoms with van der Waals surface area (Å²) in [5, 5.41) is 10.8. The van der Waals surface area contributed by atoms with Crippen molar-refractivity contribution in [3.05, 3.63) is 68.5 Å². The maximum absolute atomic E-state index is 12.2. The fourth-order valence-electron chi connectivity index (χ4n) is 1.83. The Bertz CT molecular complexity index is 686. The Balaban J connectivity index is 2.25. The molecule has 1 aromatic carbocycles. The van der Waals surface area contributed by atoms with Crippen molar-refractivity contribution < 1.29 is 9.72 Å². The molecule has 1 heterocycles. The number of nitro groups is 1. The Hall–Kier alpha value is -2.27. The van der Waals surface area contributed by atoms with Gasteiger partial charge >= 0.3 is 0 Å². The first-order valence-corrected chi connectivity index (χ1v) is 6.24. The fraction of sp³-hybridized carbons (Fsp3) is 0.143. The van der Waals surface area contributed by atoms with Gasteiger partial charge in [0.1, 0.15) is 5.69 Å². The minimum atomic E-state index is -0.527. The number of hydrogen-bond donors (Lipinski definition) is 0. The third kappa shape index (κ3) is 3.00. The van der Waals surface area contributed by atoms with Crippen molar-refractivity contribution in [1.29, 1.82) is 0 Å². The lowest BCUT2D eigenvalue weighted by molar-refractivity contribution is -0.384. The molecular weight excluding hydrogens is 280 g/mol. The van der Waals surface area contributed by atoms with Crippen LogP contribution in [0, 0.1) is 17.0 Å². The normalized spacial score (nSPS) is 10.3. The highest BCUT2D eigenvalue weighted by molar-refractivity contribution is 6.31. The summed E-state index contributed by atoms with van der Waals surface area (Å²) in [7, 11) is 0. The van der Waals surface area contributed by atoms with E-state index in [4.69, 9.17) is 11.6 Å². The van der Waals surface area contributed by atoms with Crippen LogP contribution >= 0.6 is 11.6 Å². The van der Waals surface area contributed by atoms with E-state index in [1.807, 2.05) is 0 Å². The van der Waals surface area contributed by atoms with Crippen LogP contribution in [0.1, 0.15) is 21.6 Å². The first kappa shape index (κ1) is 14.1. The topological polar surface area (TPSA) is 73.1 Å². The van der Waals surface area contributed by atoms with E-state index in [1.54, 1.807) is 25.3 Å². The average molecular weight is 291 g/mol. The number of benzene rings is 1. The zero-order chi connectivity index (χ0) is 14.7. The summed E-state index contributed by atoms with van der Waals surface area (Å²) in [4.78, 5) is 26.3. The van der Waals surface area contributed by atoms with Gasteiger partial charge in [-0.2, -0.15) is 0 Å². The van der Waals surface area contributed by atoms with Crippen molar-refractivity contribution in [2.75, 3.05) is 0 Å². The molecule has 0 bridgehead atoms. The number of pyridine rings is 1. The van der Waals surface area contributed by atoms with Gasteiger partial charge in [0.25, 0.3) is 5.69 Å². The lowest BCUT2D eigenvalue weighted by Gasteiger charge is -2.05. The van der Waals surface area contributed by atoms with Crippen LogP contribution in [0.4, 0.5) is 5.69 Å². The van der Waals surface area contributed by atoms with Crippen molar-refractivity contribution >= 4 is 23.1 Å². The monoisotopic (exact) mass is 290 g/mol. The highest BCUT2D eigenvalue weighted by Gasteiger charge is 2.15. The Morgan fingerprint density at radius 1 is 1.40 bits per heavy atom. The van der Waals surface area contributed by atoms with Gasteiger partial charge in [-0.3, -0.25) is 19.9 Å². The van der Waals surface area contributed by atoms with Crippen LogP contribution < -0.4 is 0 Å². The SMILES string of the molecule is Cc1cccnc1C(=O)Cc1ccc([N+](=O)[O-])cc1Cl. The maximum atomic E-state index is 12.2. The summed E-state index contributed by atoms with van der Waals surface area (Å²) in [6, 6.07) is 7.63. The van der Waals surface area contributed by atoms with Crippen LogP contribution in [0.5, 0.6) is 0 Å². The molecule has 102 valence electrons. The van der Waals surface area contributed by atoms with Crippen molar-refractivity contribution in [3.8, 4) is 0 Å². The number of ketones is 1. The highest BCUT2D eigenvalue weighted by atomic mass is 35.5. The zero-order valence-electron chi connectivity index (χ0n) is 10.7. The van der Waals surface area contributed by atoms with Crippen LogP contribution in [0.2, 0.25) is 5.02 Å². The van der Waals surface area contributed by atoms with E-state index in [0.29, 0.717) is 11.3 Å². The van der Waals surface area contributed by atoms with Crippen LogP contribution in [0.25, 0.3) is 0 Å². The molecule has 5 nitrogen and oxygen atoms in total. The fourth-order valence-corrected chi connectivity index (χ4v) is 2.07. The molecule has 0 spiro atoms. The van der Waals surface area contributed by atoms with E-state index in [0.717, 1.165) is 5.56 Å². The molecule has 0 aliphatic carbocycles. The van der Waals surface area contributed by atoms with Gasteiger partial charge in [0.05, 0.1) is 9.95 Å². The predicted molar refractivity (Wildman–Crippen MR) is 75.1 cm³/mol. The van der Waals surface area contributed by atoms with E-state index in [1.165, 1.54) is 18.2 Å². The molecule has 0 N–H and O–H groups in total. The Morgan fingerprint density at radius 2 is 2.15 bits per heavy atom. The molecule has 0 radical (unpaired) electrons. The molecule has 20 heavy (non-hydrogen) atoms. The molecule has 0 aliphatic heterocycles. The van der Waals surface area contributed by atoms with E-state index >= 15 is 0 Å². The Kier molecular flexibility index (Phi) is 4.10. The summed E-state index contributed by atoms with van der Waals surface area (Å²) in [5.41, 5.74) is 1.63. The number of nitrogens with zero attached hydrogens (tertiary/aromatic N) is 2. The van der Waals surface area contributed by atoms with Crippen molar-refractivity contribution in [2.24, 2.45) is 0 Å². The second kappa shape index (κ2) is 5.79. The van der Waals surface area contributed by atoms with Crippen molar-refractivity contribution in [1.82, 2.24) is 4.98 Å². The third-order valence-corrected chi connectivity index (χ3v) is 3.22. The smallest absolute Gasteiger partial charge is 0.270 e. The minimum absolute atomic E-state index is 0.0642. The van der Waals surface area contributed by atoms with Crippen molar-refractivity contribution in [3.63, 3.8) is 0 Å². The number of halogens is 1. The predicted octanol–water partition coefficient (Wildman–Crippen LogP) is 3.38. The molecule has 0 amide bonds. The number of carbonyl (C=O) groups excluding carboxylic acids is 1. The molecule has 2 rings (SSSR count). The molecule has 0 unspecified atom stereocenters. The van der Waals surface area contributed by atoms with Crippen LogP contribution in [-0.2, 0) is 6.42 Å². The van der Waals surface area contributed by atoms with Crippen molar-refractivity contribution in [2.45, 2.75) is 13.3 Å². The van der Waals surface area contributed by atoms with Gasteiger partial charge in [-0.25, -0.2) is 0 Å². The summed E-state index contributed by atoms with van der Waals surface area (Å²) in [5.74, 6) is -0.168. The third-order valence-electron chi connectivity index (χ3n) is 2.87. The standard InChI is InChI=1S/C14H11ClN2O3/c1-9-3-2-6-16-14(9)13(18)7-10-4-5-11(17(19)20)8-12(10)15/h2-6,8H,7H2,1H3. The molecule has 2 aromatic rings. The molecule has 6 heteroatoms. The van der Waals surface area contributed by atoms with E-state index in [9.17, 15) is 14.9 Å². The largest absolute Gasteiger partial charge is 0.292 e. The summed E-state index contributed by atoms with van der Waals surface area (Å²) < 4.78 is 0. The number of aryl methyl sites for hydroxylation is 1. The van der Waals surface area contributed by atoms with Crippen LogP contribution in [0.15, 0.2) is 36.5 Å². The number of rotatable bonds is 4. The quantitative estimate of drug-likeness (QED) is 0.491. The summed E-state index contributed by atoms with van der Waals surface area (Å²) in [6.45, 7) is 1.80. The molecule has 0 fully saturated rings. The Labute approximate surface area is 120 Å². The second-order valence-corrected chi connectivity index (χ2v) is 4.71. The van der Waals surface area contributed by atoms with E-state index in [2.05, 4.69) is 4.98 Å². The number of Topliss-reactive ketones (excluding diaryl/α,β-unsaturated/α-hetero) is 1. The number of non-ortho nitro benzene ring substituents is 1. The molecule has 0 saturated carbocycles. The van der Waals surface area contributed by atoms with Gasteiger partial charge in [0.2, 0.25) is 0 Å². The first-order chi connectivity index (χ1) is 9.49. The number of aromatic nitrogens is 1. The second-order valence-electron chi connectivity index (χ2n) is 4.30. The van der Waals surface area contributed by atoms with Gasteiger partial charge in [-0.1, -0.05) is 23.7 Å². The van der Waals surface area contributed by atoms with Gasteiger partial charge in [0.15, 0.2) is 5.78 Å². The lowest BCUT2D eigenvalue weighted by Crippen LogP contribution is -2.08. The van der Waals surface area contributed by atoms with Gasteiger partial charge in [-0.15, -0.1) is 0 Å². The van der Waals surface area contributed by atoms with E-state index < -0.39 is 4.92 Å². The first-order valence-electron chi connectivity index (χ1n) is 5.86. The number of hydrogen-bond acceptors (Lipinski definition) is 4. The molecular formula is C14H11ClN2O3.